The summed E-state index contributed by atoms with van der Waals surface area (Å²) in [4.78, 5) is 0.361. The number of sulfonamides is 1. The summed E-state index contributed by atoms with van der Waals surface area (Å²) >= 11 is 0. The molecule has 6 heteroatoms. The lowest BCUT2D eigenvalue weighted by atomic mass is 10.1. The fraction of sp³-hybridized carbons (Fsp3) is 0.571. The van der Waals surface area contributed by atoms with Gasteiger partial charge >= 0.3 is 0 Å². The lowest BCUT2D eigenvalue weighted by Crippen LogP contribution is -2.35. The summed E-state index contributed by atoms with van der Waals surface area (Å²) in [6.45, 7) is 5.55. The standard InChI is InChI=1S/C14H22N2O3S/c1-10-6-11(2)14(7-12(10)8-15-3)20(17,18)16-13-4-5-19-9-13/h6-7,13,15-16H,4-5,8-9H2,1-3H3. The van der Waals surface area contributed by atoms with Crippen LogP contribution in [0.3, 0.4) is 0 Å². The van der Waals surface area contributed by atoms with Crippen LogP contribution in [0, 0.1) is 13.8 Å². The third-order valence-electron chi connectivity index (χ3n) is 3.54. The van der Waals surface area contributed by atoms with Crippen LogP contribution >= 0.6 is 0 Å². The predicted octanol–water partition coefficient (Wildman–Crippen LogP) is 1.09. The molecule has 1 atom stereocenters. The van der Waals surface area contributed by atoms with Crippen LogP contribution in [0.1, 0.15) is 23.1 Å². The van der Waals surface area contributed by atoms with E-state index in [0.717, 1.165) is 23.1 Å². The van der Waals surface area contributed by atoms with Crippen molar-refractivity contribution in [2.45, 2.75) is 37.8 Å². The fourth-order valence-electron chi connectivity index (χ4n) is 2.46. The molecule has 20 heavy (non-hydrogen) atoms. The molecule has 0 spiro atoms. The Morgan fingerprint density at radius 2 is 2.05 bits per heavy atom. The van der Waals surface area contributed by atoms with Gasteiger partial charge < -0.3 is 10.1 Å². The highest BCUT2D eigenvalue weighted by Gasteiger charge is 2.25. The highest BCUT2D eigenvalue weighted by Crippen LogP contribution is 2.21. The van der Waals surface area contributed by atoms with Gasteiger partial charge in [-0.25, -0.2) is 13.1 Å². The Bertz CT molecular complexity index is 578. The van der Waals surface area contributed by atoms with E-state index in [2.05, 4.69) is 10.0 Å². The van der Waals surface area contributed by atoms with Crippen LogP contribution in [0.5, 0.6) is 0 Å². The zero-order chi connectivity index (χ0) is 14.8. The summed E-state index contributed by atoms with van der Waals surface area (Å²) < 4.78 is 32.9. The molecule has 1 aromatic rings. The Balaban J connectivity index is 2.32. The molecule has 0 amide bonds. The molecular weight excluding hydrogens is 276 g/mol. The maximum atomic E-state index is 12.5. The quantitative estimate of drug-likeness (QED) is 0.854. The third-order valence-corrected chi connectivity index (χ3v) is 5.20. The fourth-order valence-corrected chi connectivity index (χ4v) is 3.99. The number of ether oxygens (including phenoxy) is 1. The second kappa shape index (κ2) is 6.22. The molecule has 0 aliphatic carbocycles. The summed E-state index contributed by atoms with van der Waals surface area (Å²) in [7, 11) is -1.64. The van der Waals surface area contributed by atoms with Gasteiger partial charge in [0.15, 0.2) is 0 Å². The molecule has 1 aliphatic heterocycles. The van der Waals surface area contributed by atoms with Crippen molar-refractivity contribution in [1.29, 1.82) is 0 Å². The van der Waals surface area contributed by atoms with Gasteiger partial charge in [0.05, 0.1) is 11.5 Å². The van der Waals surface area contributed by atoms with Crippen molar-refractivity contribution in [2.75, 3.05) is 20.3 Å². The first-order valence-electron chi connectivity index (χ1n) is 6.79. The van der Waals surface area contributed by atoms with E-state index in [1.165, 1.54) is 0 Å². The van der Waals surface area contributed by atoms with Crippen molar-refractivity contribution in [2.24, 2.45) is 0 Å². The Morgan fingerprint density at radius 1 is 1.30 bits per heavy atom. The molecule has 1 unspecified atom stereocenters. The van der Waals surface area contributed by atoms with Gasteiger partial charge in [-0.05, 0) is 50.1 Å². The molecular formula is C14H22N2O3S. The molecule has 0 bridgehead atoms. The van der Waals surface area contributed by atoms with Crippen LogP contribution in [0.2, 0.25) is 0 Å². The number of aryl methyl sites for hydroxylation is 2. The van der Waals surface area contributed by atoms with Crippen molar-refractivity contribution in [3.63, 3.8) is 0 Å². The molecule has 0 saturated carbocycles. The minimum Gasteiger partial charge on any atom is -0.380 e. The van der Waals surface area contributed by atoms with Crippen molar-refractivity contribution in [3.05, 3.63) is 28.8 Å². The maximum Gasteiger partial charge on any atom is 0.241 e. The molecule has 0 aromatic heterocycles. The molecule has 1 fully saturated rings. The number of rotatable bonds is 5. The minimum atomic E-state index is -3.49. The van der Waals surface area contributed by atoms with E-state index in [0.29, 0.717) is 24.7 Å². The summed E-state index contributed by atoms with van der Waals surface area (Å²) in [6.07, 6.45) is 0.730. The van der Waals surface area contributed by atoms with Gasteiger partial charge in [-0.15, -0.1) is 0 Å². The van der Waals surface area contributed by atoms with Gasteiger partial charge in [0, 0.05) is 19.2 Å². The van der Waals surface area contributed by atoms with Crippen LogP contribution < -0.4 is 10.0 Å². The van der Waals surface area contributed by atoms with Crippen LogP contribution in [-0.4, -0.2) is 34.7 Å². The number of nitrogens with one attached hydrogen (secondary N) is 2. The van der Waals surface area contributed by atoms with Crippen LogP contribution in [-0.2, 0) is 21.3 Å². The van der Waals surface area contributed by atoms with Gasteiger partial charge in [-0.2, -0.15) is 0 Å². The van der Waals surface area contributed by atoms with Crippen LogP contribution in [0.4, 0.5) is 0 Å². The molecule has 2 rings (SSSR count). The second-order valence-corrected chi connectivity index (χ2v) is 6.94. The lowest BCUT2D eigenvalue weighted by Gasteiger charge is -2.16. The third kappa shape index (κ3) is 3.38. The van der Waals surface area contributed by atoms with E-state index in [9.17, 15) is 8.42 Å². The first-order chi connectivity index (χ1) is 9.44. The molecule has 1 saturated heterocycles. The average molecular weight is 298 g/mol. The van der Waals surface area contributed by atoms with Crippen LogP contribution in [0.25, 0.3) is 0 Å². The molecule has 1 aliphatic rings. The summed E-state index contributed by atoms with van der Waals surface area (Å²) in [5.74, 6) is 0. The van der Waals surface area contributed by atoms with E-state index in [1.807, 2.05) is 27.0 Å². The van der Waals surface area contributed by atoms with E-state index in [4.69, 9.17) is 4.74 Å². The smallest absolute Gasteiger partial charge is 0.241 e. The van der Waals surface area contributed by atoms with Crippen LogP contribution in [0.15, 0.2) is 17.0 Å². The summed E-state index contributed by atoms with van der Waals surface area (Å²) in [6, 6.07) is 3.57. The Labute approximate surface area is 120 Å². The largest absolute Gasteiger partial charge is 0.380 e. The van der Waals surface area contributed by atoms with Gasteiger partial charge in [0.2, 0.25) is 10.0 Å². The van der Waals surface area contributed by atoms with Crippen molar-refractivity contribution in [3.8, 4) is 0 Å². The molecule has 2 N–H and O–H groups in total. The summed E-state index contributed by atoms with van der Waals surface area (Å²) in [5.41, 5.74) is 2.87. The highest BCUT2D eigenvalue weighted by molar-refractivity contribution is 7.89. The maximum absolute atomic E-state index is 12.5. The van der Waals surface area contributed by atoms with E-state index in [-0.39, 0.29) is 6.04 Å². The van der Waals surface area contributed by atoms with Gasteiger partial charge in [0.25, 0.3) is 0 Å². The predicted molar refractivity (Wildman–Crippen MR) is 78.2 cm³/mol. The summed E-state index contributed by atoms with van der Waals surface area (Å²) in [5, 5.41) is 3.06. The SMILES string of the molecule is CNCc1cc(S(=O)(=O)NC2CCOC2)c(C)cc1C. The first-order valence-corrected chi connectivity index (χ1v) is 8.27. The second-order valence-electron chi connectivity index (χ2n) is 5.26. The topological polar surface area (TPSA) is 67.4 Å². The van der Waals surface area contributed by atoms with Crippen molar-refractivity contribution in [1.82, 2.24) is 10.0 Å². The number of hydrogen-bond acceptors (Lipinski definition) is 4. The Hall–Kier alpha value is -0.950. The highest BCUT2D eigenvalue weighted by atomic mass is 32.2. The van der Waals surface area contributed by atoms with E-state index in [1.54, 1.807) is 6.07 Å². The lowest BCUT2D eigenvalue weighted by molar-refractivity contribution is 0.192. The molecule has 1 aromatic carbocycles. The van der Waals surface area contributed by atoms with Gasteiger partial charge in [-0.1, -0.05) is 6.07 Å². The van der Waals surface area contributed by atoms with Gasteiger partial charge in [-0.3, -0.25) is 0 Å². The van der Waals surface area contributed by atoms with E-state index < -0.39 is 10.0 Å². The molecule has 5 nitrogen and oxygen atoms in total. The molecule has 0 radical (unpaired) electrons. The Kier molecular flexibility index (Phi) is 4.80. The zero-order valence-corrected chi connectivity index (χ0v) is 13.0. The minimum absolute atomic E-state index is 0.117. The number of benzene rings is 1. The normalized spacial score (nSPS) is 19.4. The Morgan fingerprint density at radius 3 is 2.65 bits per heavy atom. The monoisotopic (exact) mass is 298 g/mol. The molecule has 1 heterocycles. The van der Waals surface area contributed by atoms with Gasteiger partial charge in [0.1, 0.15) is 0 Å². The zero-order valence-electron chi connectivity index (χ0n) is 12.2. The number of hydrogen-bond donors (Lipinski definition) is 2. The molecule has 112 valence electrons. The average Bonchev–Trinajstić information content (AvgIpc) is 2.84. The van der Waals surface area contributed by atoms with Crippen molar-refractivity contribution < 1.29 is 13.2 Å². The first kappa shape index (κ1) is 15.4. The van der Waals surface area contributed by atoms with Crippen molar-refractivity contribution >= 4 is 10.0 Å². The van der Waals surface area contributed by atoms with E-state index >= 15 is 0 Å².